The zero-order chi connectivity index (χ0) is 66.9. The number of nitrogens with zero attached hydrogens (tertiary/aromatic N) is 3. The molecule has 5 aromatic rings. The van der Waals surface area contributed by atoms with E-state index in [-0.39, 0.29) is 130 Å². The normalized spacial score (nSPS) is 17.9. The molecule has 10 amide bonds. The summed E-state index contributed by atoms with van der Waals surface area (Å²) in [5.41, 5.74) is 6.52. The quantitative estimate of drug-likeness (QED) is 0.00478. The Kier molecular flexibility index (Phi) is 22.5. The van der Waals surface area contributed by atoms with Crippen LogP contribution in [0.1, 0.15) is 98.3 Å². The minimum Gasteiger partial charge on any atom is -0.404 e. The summed E-state index contributed by atoms with van der Waals surface area (Å²) in [6.45, 7) is 0.409. The molecule has 494 valence electrons. The average Bonchev–Trinajstić information content (AvgIpc) is 1.66. The Balaban J connectivity index is 0.919. The molecule has 0 radical (unpaired) electrons. The van der Waals surface area contributed by atoms with Crippen LogP contribution in [-0.4, -0.2) is 140 Å². The molecule has 4 atom stereocenters. The number of thiol groups is 1. The minimum atomic E-state index is -5.07. The highest BCUT2D eigenvalue weighted by Crippen LogP contribution is 2.51. The Bertz CT molecular complexity index is 3960. The second-order valence-electron chi connectivity index (χ2n) is 22.9. The highest BCUT2D eigenvalue weighted by atomic mass is 35.5. The number of amides is 10. The number of alkyl halides is 2. The molecule has 0 spiro atoms. The van der Waals surface area contributed by atoms with E-state index in [9.17, 15) is 71.9 Å². The maximum atomic E-state index is 14.3. The average molecular weight is 1380 g/mol. The topological polar surface area (TPSA) is 383 Å². The summed E-state index contributed by atoms with van der Waals surface area (Å²) in [6.07, 6.45) is 7.80. The van der Waals surface area contributed by atoms with Gasteiger partial charge in [-0.1, -0.05) is 67.1 Å². The molecule has 5 aromatic carbocycles. The van der Waals surface area contributed by atoms with Crippen LogP contribution >= 0.6 is 51.5 Å². The molecule has 31 heteroatoms. The van der Waals surface area contributed by atoms with Crippen LogP contribution in [0.3, 0.4) is 0 Å². The Morgan fingerprint density at radius 3 is 1.77 bits per heavy atom. The smallest absolute Gasteiger partial charge is 0.404 e. The molecule has 1 aliphatic carbocycles. The number of phosphoric acid groups is 2. The number of nitrogens with two attached hydrogens (primary N) is 1. The van der Waals surface area contributed by atoms with E-state index in [1.165, 1.54) is 57.2 Å². The molecular weight excluding hydrogens is 1310 g/mol. The molecule has 3 heterocycles. The molecule has 0 bridgehead atoms. The fourth-order valence-electron chi connectivity index (χ4n) is 12.0. The van der Waals surface area contributed by atoms with Gasteiger partial charge in [0.05, 0.1) is 16.6 Å². The standard InChI is InChI=1S/C62H69Cl2N9O17P2S/c63-32-38-34-72(46-29-48(89-91(83,84)85)40-10-2-4-12-42(40)55(38)46)52(75)19-16-36-15-17-37(18-20-53(76)73-35-39(33-64)56-43-13-5-3-11-41(43)49(30-47(56)73)90-92(86,87)88)45(28-36)69-51(74)21-26-66-57(78)44(14-8-25-68-61(65)82)70-60(81)62(22-9-23-62)59(80)67-24-6-1-7-27-71-54(77)31-50(93)58(71)79/h2-5,10-13,15-20,28-30,38-39,44,50,93H,1,6-9,14,21-27,31-35H2,(H,66,78)(H,67,80)(H,69,74)(H,70,81)(H3,65,68,82)(H2,83,84,85)(H2,86,87,88)/b19-16+,20-18+/t38-,39-,44+,50?/m1/s1. The molecular formula is C62H69Cl2N9O17P2S. The molecule has 2 fully saturated rings. The summed E-state index contributed by atoms with van der Waals surface area (Å²) in [5.74, 6) is -5.21. The predicted octanol–water partition coefficient (Wildman–Crippen LogP) is 6.59. The molecule has 9 rings (SSSR count). The van der Waals surface area contributed by atoms with Crippen molar-refractivity contribution in [2.75, 3.05) is 66.1 Å². The number of fused-ring (bicyclic) bond motifs is 6. The molecule has 1 unspecified atom stereocenters. The van der Waals surface area contributed by atoms with Crippen LogP contribution in [0, 0.1) is 5.41 Å². The Labute approximate surface area is 549 Å². The number of hydrogen-bond acceptors (Lipinski definition) is 14. The summed E-state index contributed by atoms with van der Waals surface area (Å²) in [6, 6.07) is 18.9. The van der Waals surface area contributed by atoms with Gasteiger partial charge < -0.3 is 51.2 Å². The second kappa shape index (κ2) is 30.1. The zero-order valence-electron chi connectivity index (χ0n) is 50.0. The number of rotatable bonds is 28. The molecule has 26 nitrogen and oxygen atoms in total. The first kappa shape index (κ1) is 69.5. The lowest BCUT2D eigenvalue weighted by Crippen LogP contribution is -2.59. The van der Waals surface area contributed by atoms with Crippen molar-refractivity contribution in [2.24, 2.45) is 11.1 Å². The number of urea groups is 1. The van der Waals surface area contributed by atoms with E-state index in [4.69, 9.17) is 38.0 Å². The van der Waals surface area contributed by atoms with Crippen molar-refractivity contribution in [3.8, 4) is 11.5 Å². The van der Waals surface area contributed by atoms with E-state index >= 15 is 0 Å². The van der Waals surface area contributed by atoms with Crippen LogP contribution in [-0.2, 0) is 47.5 Å². The Morgan fingerprint density at radius 2 is 1.26 bits per heavy atom. The van der Waals surface area contributed by atoms with Gasteiger partial charge >= 0.3 is 21.7 Å². The molecule has 93 heavy (non-hydrogen) atoms. The van der Waals surface area contributed by atoms with Crippen molar-refractivity contribution < 1.29 is 80.9 Å². The van der Waals surface area contributed by atoms with Crippen molar-refractivity contribution in [2.45, 2.75) is 87.3 Å². The van der Waals surface area contributed by atoms with Crippen molar-refractivity contribution in [3.05, 3.63) is 113 Å². The van der Waals surface area contributed by atoms with Gasteiger partial charge in [0.15, 0.2) is 0 Å². The van der Waals surface area contributed by atoms with Gasteiger partial charge in [-0.2, -0.15) is 12.6 Å². The Morgan fingerprint density at radius 1 is 0.699 bits per heavy atom. The number of likely N-dealkylation sites (tertiary alicyclic amines) is 1. The van der Waals surface area contributed by atoms with Crippen LogP contribution in [0.15, 0.2) is 91.0 Å². The number of primary amides is 1. The number of unbranched alkanes of at least 4 members (excludes halogenated alkanes) is 2. The van der Waals surface area contributed by atoms with Crippen molar-refractivity contribution in [3.63, 3.8) is 0 Å². The molecule has 11 N–H and O–H groups in total. The fraction of sp³-hybridized carbons (Fsp3) is 0.371. The Hall–Kier alpha value is -7.84. The third-order valence-electron chi connectivity index (χ3n) is 16.7. The highest BCUT2D eigenvalue weighted by Gasteiger charge is 2.51. The zero-order valence-corrected chi connectivity index (χ0v) is 54.2. The molecule has 4 aliphatic rings. The molecule has 3 aliphatic heterocycles. The SMILES string of the molecule is NC(=O)NCCC[C@H](NC(=O)C1(C(=O)NCCCCCN2C(=O)CC(S)C2=O)CCC1)C(=O)NCCC(=O)Nc1cc(/C=C/C(=O)N2C[C@@H](CCl)c3c2cc(OP(=O)(O)O)c2ccccc32)ccc1/C=C/C(=O)N1C[C@@H](CCl)c2c1cc(OP(=O)(O)O)c1ccccc21. The van der Waals surface area contributed by atoms with Crippen LogP contribution < -0.4 is 51.2 Å². The van der Waals surface area contributed by atoms with Crippen LogP contribution in [0.25, 0.3) is 33.7 Å². The summed E-state index contributed by atoms with van der Waals surface area (Å²) in [7, 11) is -10.1. The number of imide groups is 1. The summed E-state index contributed by atoms with van der Waals surface area (Å²) >= 11 is 17.1. The van der Waals surface area contributed by atoms with E-state index in [0.29, 0.717) is 75.3 Å². The number of anilines is 3. The minimum absolute atomic E-state index is 0.00995. The fourth-order valence-corrected chi connectivity index (χ4v) is 13.6. The van der Waals surface area contributed by atoms with Crippen LogP contribution in [0.5, 0.6) is 11.5 Å². The molecule has 1 saturated heterocycles. The first-order chi connectivity index (χ1) is 44.3. The van der Waals surface area contributed by atoms with Gasteiger partial charge in [0, 0.05) is 116 Å². The van der Waals surface area contributed by atoms with Crippen molar-refractivity contribution >= 4 is 156 Å². The maximum Gasteiger partial charge on any atom is 0.524 e. The van der Waals surface area contributed by atoms with Gasteiger partial charge in [0.25, 0.3) is 11.8 Å². The number of phosphoric ester groups is 2. The first-order valence-electron chi connectivity index (χ1n) is 29.9. The van der Waals surface area contributed by atoms with Gasteiger partial charge in [-0.3, -0.25) is 62.8 Å². The number of carbonyl (C=O) groups is 9. The number of carbonyl (C=O) groups excluding carboxylic acids is 9. The lowest BCUT2D eigenvalue weighted by molar-refractivity contribution is -0.151. The van der Waals surface area contributed by atoms with Gasteiger partial charge in [0.1, 0.15) is 23.0 Å². The first-order valence-corrected chi connectivity index (χ1v) is 34.5. The monoisotopic (exact) mass is 1380 g/mol. The number of nitrogens with one attached hydrogen (secondary N) is 5. The number of benzene rings is 5. The van der Waals surface area contributed by atoms with E-state index in [1.807, 2.05) is 0 Å². The van der Waals surface area contributed by atoms with Crippen LogP contribution in [0.4, 0.5) is 21.9 Å². The van der Waals surface area contributed by atoms with Gasteiger partial charge in [-0.15, -0.1) is 23.2 Å². The predicted molar refractivity (Wildman–Crippen MR) is 352 cm³/mol. The van der Waals surface area contributed by atoms with Crippen LogP contribution in [0.2, 0.25) is 0 Å². The van der Waals surface area contributed by atoms with Gasteiger partial charge in [0.2, 0.25) is 35.4 Å². The lowest BCUT2D eigenvalue weighted by atomic mass is 9.67. The lowest BCUT2D eigenvalue weighted by Gasteiger charge is -2.39. The van der Waals surface area contributed by atoms with E-state index in [1.54, 1.807) is 60.7 Å². The summed E-state index contributed by atoms with van der Waals surface area (Å²) < 4.78 is 34.4. The van der Waals surface area contributed by atoms with Gasteiger partial charge in [-0.05, 0) is 96.2 Å². The third kappa shape index (κ3) is 16.6. The number of halogens is 2. The van der Waals surface area contributed by atoms with E-state index in [0.717, 1.165) is 0 Å². The molecule has 1 saturated carbocycles. The van der Waals surface area contributed by atoms with Crippen molar-refractivity contribution in [1.82, 2.24) is 26.2 Å². The second-order valence-corrected chi connectivity index (χ2v) is 26.5. The molecule has 0 aromatic heterocycles. The van der Waals surface area contributed by atoms with E-state index < -0.39 is 79.7 Å². The van der Waals surface area contributed by atoms with Crippen molar-refractivity contribution in [1.29, 1.82) is 0 Å². The highest BCUT2D eigenvalue weighted by molar-refractivity contribution is 7.81. The summed E-state index contributed by atoms with van der Waals surface area (Å²) in [5, 5.41) is 14.8. The number of hydrogen-bond donors (Lipinski definition) is 11. The maximum absolute atomic E-state index is 14.3. The largest absolute Gasteiger partial charge is 0.524 e. The third-order valence-corrected chi connectivity index (χ3v) is 18.7. The van der Waals surface area contributed by atoms with Gasteiger partial charge in [-0.25, -0.2) is 13.9 Å². The van der Waals surface area contributed by atoms with E-state index in [2.05, 4.69) is 39.2 Å². The summed E-state index contributed by atoms with van der Waals surface area (Å²) in [4.78, 5) is 163.